The molecule has 7 heteroatoms. The average Bonchev–Trinajstić information content (AvgIpc) is 2.71. The van der Waals surface area contributed by atoms with E-state index in [-0.39, 0.29) is 29.9 Å². The highest BCUT2D eigenvalue weighted by molar-refractivity contribution is 14.0. The van der Waals surface area contributed by atoms with Gasteiger partial charge in [-0.25, -0.2) is 4.99 Å². The second-order valence-corrected chi connectivity index (χ2v) is 7.70. The minimum Gasteiger partial charge on any atom is -0.357 e. The van der Waals surface area contributed by atoms with Crippen molar-refractivity contribution in [1.29, 1.82) is 0 Å². The molecule has 0 spiro atoms. The van der Waals surface area contributed by atoms with Crippen LogP contribution in [0.5, 0.6) is 0 Å². The molecule has 0 aliphatic carbocycles. The Labute approximate surface area is 193 Å². The Morgan fingerprint density at radius 1 is 1.21 bits per heavy atom. The number of rotatable bonds is 8. The predicted octanol–water partition coefficient (Wildman–Crippen LogP) is 3.37. The van der Waals surface area contributed by atoms with Crippen LogP contribution in [-0.2, 0) is 6.54 Å². The largest absolute Gasteiger partial charge is 0.357 e. The van der Waals surface area contributed by atoms with Gasteiger partial charge in [-0.05, 0) is 57.7 Å². The van der Waals surface area contributed by atoms with Gasteiger partial charge in [-0.3, -0.25) is 4.79 Å². The Balaban J connectivity index is 0.00000420. The van der Waals surface area contributed by atoms with Crippen molar-refractivity contribution in [3.63, 3.8) is 0 Å². The number of benzene rings is 1. The van der Waals surface area contributed by atoms with Crippen molar-refractivity contribution < 1.29 is 4.79 Å². The third-order valence-electron chi connectivity index (χ3n) is 5.09. The molecule has 0 aromatic heterocycles. The van der Waals surface area contributed by atoms with Crippen molar-refractivity contribution in [2.75, 3.05) is 26.2 Å². The molecular weight excluding hydrogens is 477 g/mol. The summed E-state index contributed by atoms with van der Waals surface area (Å²) in [7, 11) is 0. The first-order valence-electron chi connectivity index (χ1n) is 10.7. The summed E-state index contributed by atoms with van der Waals surface area (Å²) in [6, 6.07) is 8.80. The van der Waals surface area contributed by atoms with Crippen LogP contribution in [0.4, 0.5) is 0 Å². The van der Waals surface area contributed by atoms with Gasteiger partial charge in [-0.15, -0.1) is 24.0 Å². The first-order chi connectivity index (χ1) is 13.5. The van der Waals surface area contributed by atoms with Crippen LogP contribution in [0, 0.1) is 0 Å². The molecule has 164 valence electrons. The molecule has 1 aliphatic heterocycles. The van der Waals surface area contributed by atoms with Crippen molar-refractivity contribution in [2.45, 2.75) is 65.6 Å². The Hall–Kier alpha value is -1.35. The van der Waals surface area contributed by atoms with Gasteiger partial charge < -0.3 is 20.9 Å². The molecule has 1 aromatic rings. The Morgan fingerprint density at radius 3 is 2.55 bits per heavy atom. The van der Waals surface area contributed by atoms with Gasteiger partial charge in [-0.2, -0.15) is 0 Å². The SMILES string of the molecule is CCCNC(=O)c1cccc(CN=C(NCC)NC2CCN(C(C)C)CC2)c1.I. The average molecular weight is 515 g/mol. The van der Waals surface area contributed by atoms with E-state index in [0.29, 0.717) is 30.7 Å². The number of nitrogens with one attached hydrogen (secondary N) is 3. The van der Waals surface area contributed by atoms with Crippen LogP contribution in [-0.4, -0.2) is 55.0 Å². The van der Waals surface area contributed by atoms with Crippen molar-refractivity contribution in [3.05, 3.63) is 35.4 Å². The van der Waals surface area contributed by atoms with E-state index in [1.807, 2.05) is 31.2 Å². The number of aliphatic imine (C=N–C) groups is 1. The fraction of sp³-hybridized carbons (Fsp3) is 0.636. The Bertz CT molecular complexity index is 642. The minimum absolute atomic E-state index is 0. The fourth-order valence-corrected chi connectivity index (χ4v) is 3.40. The lowest BCUT2D eigenvalue weighted by molar-refractivity contribution is 0.0953. The van der Waals surface area contributed by atoms with Crippen molar-refractivity contribution >= 4 is 35.8 Å². The van der Waals surface area contributed by atoms with E-state index < -0.39 is 0 Å². The molecule has 1 saturated heterocycles. The first-order valence-corrected chi connectivity index (χ1v) is 10.7. The molecule has 3 N–H and O–H groups in total. The van der Waals surface area contributed by atoms with Gasteiger partial charge in [0.2, 0.25) is 0 Å². The predicted molar refractivity (Wildman–Crippen MR) is 132 cm³/mol. The Kier molecular flexibility index (Phi) is 12.2. The van der Waals surface area contributed by atoms with Crippen LogP contribution in [0.25, 0.3) is 0 Å². The van der Waals surface area contributed by atoms with Gasteiger partial charge >= 0.3 is 0 Å². The molecule has 1 aromatic carbocycles. The van der Waals surface area contributed by atoms with E-state index in [1.54, 1.807) is 0 Å². The molecule has 1 fully saturated rings. The van der Waals surface area contributed by atoms with E-state index in [2.05, 4.69) is 41.6 Å². The second-order valence-electron chi connectivity index (χ2n) is 7.70. The van der Waals surface area contributed by atoms with Crippen LogP contribution >= 0.6 is 24.0 Å². The highest BCUT2D eigenvalue weighted by atomic mass is 127. The topological polar surface area (TPSA) is 68.8 Å². The zero-order valence-electron chi connectivity index (χ0n) is 18.3. The van der Waals surface area contributed by atoms with E-state index in [4.69, 9.17) is 4.99 Å². The number of hydrogen-bond donors (Lipinski definition) is 3. The number of hydrogen-bond acceptors (Lipinski definition) is 3. The van der Waals surface area contributed by atoms with Gasteiger partial charge in [0.25, 0.3) is 5.91 Å². The minimum atomic E-state index is -0.0189. The summed E-state index contributed by atoms with van der Waals surface area (Å²) in [5.74, 6) is 0.834. The molecule has 6 nitrogen and oxygen atoms in total. The maximum absolute atomic E-state index is 12.2. The maximum Gasteiger partial charge on any atom is 0.251 e. The zero-order valence-corrected chi connectivity index (χ0v) is 20.7. The van der Waals surface area contributed by atoms with E-state index in [0.717, 1.165) is 50.4 Å². The molecule has 0 saturated carbocycles. The number of guanidine groups is 1. The molecule has 0 unspecified atom stereocenters. The van der Waals surface area contributed by atoms with Crippen molar-refractivity contribution in [1.82, 2.24) is 20.9 Å². The molecular formula is C22H38IN5O. The molecule has 0 radical (unpaired) electrons. The van der Waals surface area contributed by atoms with Crippen LogP contribution in [0.3, 0.4) is 0 Å². The third kappa shape index (κ3) is 8.90. The number of halogens is 1. The number of carbonyl (C=O) groups is 1. The number of likely N-dealkylation sites (tertiary alicyclic amines) is 1. The summed E-state index contributed by atoms with van der Waals surface area (Å²) in [6.45, 7) is 13.0. The lowest BCUT2D eigenvalue weighted by Gasteiger charge is -2.35. The number of nitrogens with zero attached hydrogens (tertiary/aromatic N) is 2. The quantitative estimate of drug-likeness (QED) is 0.282. The number of amides is 1. The van der Waals surface area contributed by atoms with Crippen LogP contribution < -0.4 is 16.0 Å². The highest BCUT2D eigenvalue weighted by Gasteiger charge is 2.21. The number of carbonyl (C=O) groups excluding carboxylic acids is 1. The summed E-state index contributed by atoms with van der Waals surface area (Å²) in [5.41, 5.74) is 1.73. The van der Waals surface area contributed by atoms with E-state index in [9.17, 15) is 4.79 Å². The van der Waals surface area contributed by atoms with Gasteiger partial charge in [0.1, 0.15) is 0 Å². The van der Waals surface area contributed by atoms with E-state index >= 15 is 0 Å². The monoisotopic (exact) mass is 515 g/mol. The Morgan fingerprint density at radius 2 is 1.93 bits per heavy atom. The number of piperidine rings is 1. The second kappa shape index (κ2) is 13.8. The summed E-state index contributed by atoms with van der Waals surface area (Å²) in [5, 5.41) is 9.85. The highest BCUT2D eigenvalue weighted by Crippen LogP contribution is 2.13. The fourth-order valence-electron chi connectivity index (χ4n) is 3.40. The maximum atomic E-state index is 12.2. The molecule has 0 bridgehead atoms. The van der Waals surface area contributed by atoms with Crippen LogP contribution in [0.2, 0.25) is 0 Å². The normalized spacial score (nSPS) is 15.7. The summed E-state index contributed by atoms with van der Waals surface area (Å²) < 4.78 is 0. The summed E-state index contributed by atoms with van der Waals surface area (Å²) in [4.78, 5) is 19.4. The molecule has 29 heavy (non-hydrogen) atoms. The molecule has 1 aliphatic rings. The summed E-state index contributed by atoms with van der Waals surface area (Å²) in [6.07, 6.45) is 3.20. The lowest BCUT2D eigenvalue weighted by atomic mass is 10.0. The van der Waals surface area contributed by atoms with Gasteiger partial charge in [0.15, 0.2) is 5.96 Å². The van der Waals surface area contributed by atoms with Gasteiger partial charge in [0.05, 0.1) is 6.54 Å². The van der Waals surface area contributed by atoms with Crippen LogP contribution in [0.15, 0.2) is 29.3 Å². The molecule has 2 rings (SSSR count). The van der Waals surface area contributed by atoms with Gasteiger partial charge in [0, 0.05) is 43.8 Å². The zero-order chi connectivity index (χ0) is 20.4. The van der Waals surface area contributed by atoms with Gasteiger partial charge in [-0.1, -0.05) is 19.1 Å². The molecule has 1 amide bonds. The standard InChI is InChI=1S/C22H37N5O.HI/c1-5-12-24-21(28)19-9-7-8-18(15-19)16-25-22(23-6-2)26-20-10-13-27(14-11-20)17(3)4;/h7-9,15,17,20H,5-6,10-14,16H2,1-4H3,(H,24,28)(H2,23,25,26);1H. The summed E-state index contributed by atoms with van der Waals surface area (Å²) >= 11 is 0. The van der Waals surface area contributed by atoms with Crippen molar-refractivity contribution in [2.24, 2.45) is 4.99 Å². The van der Waals surface area contributed by atoms with Crippen LogP contribution in [0.1, 0.15) is 62.9 Å². The smallest absolute Gasteiger partial charge is 0.251 e. The van der Waals surface area contributed by atoms with Crippen molar-refractivity contribution in [3.8, 4) is 0 Å². The lowest BCUT2D eigenvalue weighted by Crippen LogP contribution is -2.49. The van der Waals surface area contributed by atoms with E-state index in [1.165, 1.54) is 0 Å². The first kappa shape index (κ1) is 25.7. The third-order valence-corrected chi connectivity index (χ3v) is 5.09. The molecule has 0 atom stereocenters. The molecule has 1 heterocycles.